The highest BCUT2D eigenvalue weighted by atomic mass is 16.5. The van der Waals surface area contributed by atoms with Crippen LogP contribution in [0.4, 0.5) is 0 Å². The van der Waals surface area contributed by atoms with Crippen LogP contribution in [0.1, 0.15) is 31.2 Å². The van der Waals surface area contributed by atoms with Crippen LogP contribution in [0.2, 0.25) is 0 Å². The maximum atomic E-state index is 12.6. The number of likely N-dealkylation sites (tertiary alicyclic amines) is 1. The van der Waals surface area contributed by atoms with Crippen molar-refractivity contribution in [3.8, 4) is 5.75 Å². The normalized spacial score (nSPS) is 16.7. The van der Waals surface area contributed by atoms with Gasteiger partial charge in [-0.25, -0.2) is 0 Å². The van der Waals surface area contributed by atoms with E-state index in [-0.39, 0.29) is 5.91 Å². The van der Waals surface area contributed by atoms with Crippen molar-refractivity contribution in [3.63, 3.8) is 0 Å². The standard InChI is InChI=1S/C20H27N3O2/c1-15-13-16(2)23(21-15)14-18-9-11-22(12-10-18)20(24)17(3)25-19-7-5-4-6-8-19/h4-8,13,17-18H,9-12,14H2,1-3H3. The van der Waals surface area contributed by atoms with Gasteiger partial charge in [-0.05, 0) is 57.7 Å². The van der Waals surface area contributed by atoms with Crippen LogP contribution in [-0.2, 0) is 11.3 Å². The summed E-state index contributed by atoms with van der Waals surface area (Å²) in [5.41, 5.74) is 2.28. The SMILES string of the molecule is Cc1cc(C)n(CC2CCN(C(=O)C(C)Oc3ccccc3)CC2)n1. The van der Waals surface area contributed by atoms with Gasteiger partial charge in [-0.1, -0.05) is 18.2 Å². The van der Waals surface area contributed by atoms with Gasteiger partial charge in [-0.15, -0.1) is 0 Å². The number of benzene rings is 1. The van der Waals surface area contributed by atoms with Crippen molar-refractivity contribution in [1.82, 2.24) is 14.7 Å². The molecular weight excluding hydrogens is 314 g/mol. The lowest BCUT2D eigenvalue weighted by molar-refractivity contribution is -0.139. The van der Waals surface area contributed by atoms with Gasteiger partial charge >= 0.3 is 0 Å². The summed E-state index contributed by atoms with van der Waals surface area (Å²) < 4.78 is 7.86. The lowest BCUT2D eigenvalue weighted by atomic mass is 9.96. The molecule has 0 saturated carbocycles. The number of ether oxygens (including phenoxy) is 1. The monoisotopic (exact) mass is 341 g/mol. The fourth-order valence-electron chi connectivity index (χ4n) is 3.45. The van der Waals surface area contributed by atoms with Crippen molar-refractivity contribution < 1.29 is 9.53 Å². The van der Waals surface area contributed by atoms with Crippen molar-refractivity contribution >= 4 is 5.91 Å². The van der Waals surface area contributed by atoms with Crippen molar-refractivity contribution in [1.29, 1.82) is 0 Å². The lowest BCUT2D eigenvalue weighted by Crippen LogP contribution is -2.45. The third-order valence-electron chi connectivity index (χ3n) is 4.86. The molecule has 1 atom stereocenters. The van der Waals surface area contributed by atoms with E-state index in [4.69, 9.17) is 4.74 Å². The number of aryl methyl sites for hydroxylation is 2. The van der Waals surface area contributed by atoms with Gasteiger partial charge in [0.05, 0.1) is 5.69 Å². The summed E-state index contributed by atoms with van der Waals surface area (Å²) in [4.78, 5) is 14.5. The van der Waals surface area contributed by atoms with Gasteiger partial charge in [0.1, 0.15) is 5.75 Å². The molecule has 1 fully saturated rings. The maximum Gasteiger partial charge on any atom is 0.263 e. The van der Waals surface area contributed by atoms with Crippen LogP contribution in [0, 0.1) is 19.8 Å². The van der Waals surface area contributed by atoms with E-state index >= 15 is 0 Å². The Morgan fingerprint density at radius 2 is 1.92 bits per heavy atom. The first-order chi connectivity index (χ1) is 12.0. The van der Waals surface area contributed by atoms with Crippen molar-refractivity contribution in [2.75, 3.05) is 13.1 Å². The van der Waals surface area contributed by atoms with Crippen molar-refractivity contribution in [2.45, 2.75) is 46.3 Å². The summed E-state index contributed by atoms with van der Waals surface area (Å²) in [6, 6.07) is 11.6. The molecule has 3 rings (SSSR count). The number of para-hydroxylation sites is 1. The number of aromatic nitrogens is 2. The lowest BCUT2D eigenvalue weighted by Gasteiger charge is -2.33. The maximum absolute atomic E-state index is 12.6. The zero-order valence-electron chi connectivity index (χ0n) is 15.3. The van der Waals surface area contributed by atoms with Crippen molar-refractivity contribution in [3.05, 3.63) is 47.8 Å². The van der Waals surface area contributed by atoms with Gasteiger partial charge in [0.2, 0.25) is 0 Å². The summed E-state index contributed by atoms with van der Waals surface area (Å²) in [6.45, 7) is 8.49. The van der Waals surface area contributed by atoms with E-state index in [1.807, 2.05) is 49.1 Å². The molecule has 2 aromatic rings. The Morgan fingerprint density at radius 3 is 2.52 bits per heavy atom. The quantitative estimate of drug-likeness (QED) is 0.839. The first-order valence-electron chi connectivity index (χ1n) is 9.04. The topological polar surface area (TPSA) is 47.4 Å². The van der Waals surface area contributed by atoms with Gasteiger partial charge in [0.15, 0.2) is 6.10 Å². The molecule has 0 radical (unpaired) electrons. The zero-order valence-corrected chi connectivity index (χ0v) is 15.3. The second kappa shape index (κ2) is 7.72. The Kier molecular flexibility index (Phi) is 5.41. The first kappa shape index (κ1) is 17.5. The largest absolute Gasteiger partial charge is 0.481 e. The van der Waals surface area contributed by atoms with Gasteiger partial charge in [0.25, 0.3) is 5.91 Å². The summed E-state index contributed by atoms with van der Waals surface area (Å²) in [5, 5.41) is 4.55. The minimum absolute atomic E-state index is 0.0772. The molecule has 1 aliphatic rings. The van der Waals surface area contributed by atoms with Gasteiger partial charge in [0, 0.05) is 25.3 Å². The Labute approximate surface area is 149 Å². The predicted molar refractivity (Wildman–Crippen MR) is 97.5 cm³/mol. The van der Waals surface area contributed by atoms with E-state index in [0.29, 0.717) is 5.92 Å². The number of hydrogen-bond acceptors (Lipinski definition) is 3. The number of hydrogen-bond donors (Lipinski definition) is 0. The summed E-state index contributed by atoms with van der Waals surface area (Å²) >= 11 is 0. The molecule has 2 heterocycles. The Hall–Kier alpha value is -2.30. The van der Waals surface area contributed by atoms with Crippen LogP contribution in [-0.4, -0.2) is 39.8 Å². The molecule has 0 N–H and O–H groups in total. The average Bonchev–Trinajstić information content (AvgIpc) is 2.93. The average molecular weight is 341 g/mol. The highest BCUT2D eigenvalue weighted by Gasteiger charge is 2.27. The molecule has 134 valence electrons. The highest BCUT2D eigenvalue weighted by molar-refractivity contribution is 5.81. The molecule has 1 aromatic carbocycles. The van der Waals surface area contributed by atoms with Crippen LogP contribution in [0.5, 0.6) is 5.75 Å². The van der Waals surface area contributed by atoms with E-state index < -0.39 is 6.10 Å². The Morgan fingerprint density at radius 1 is 1.24 bits per heavy atom. The molecule has 5 nitrogen and oxygen atoms in total. The molecule has 0 aliphatic carbocycles. The predicted octanol–water partition coefficient (Wildman–Crippen LogP) is 3.21. The Bertz CT molecular complexity index is 703. The van der Waals surface area contributed by atoms with E-state index in [9.17, 15) is 4.79 Å². The summed E-state index contributed by atoms with van der Waals surface area (Å²) in [7, 11) is 0. The second-order valence-electron chi connectivity index (χ2n) is 6.95. The Balaban J connectivity index is 1.49. The molecule has 1 saturated heterocycles. The van der Waals surface area contributed by atoms with Crippen LogP contribution in [0.25, 0.3) is 0 Å². The van der Waals surface area contributed by atoms with E-state index in [0.717, 1.165) is 43.9 Å². The van der Waals surface area contributed by atoms with Crippen LogP contribution < -0.4 is 4.74 Å². The van der Waals surface area contributed by atoms with Crippen molar-refractivity contribution in [2.24, 2.45) is 5.92 Å². The second-order valence-corrected chi connectivity index (χ2v) is 6.95. The summed E-state index contributed by atoms with van der Waals surface area (Å²) in [5.74, 6) is 1.39. The molecule has 1 unspecified atom stereocenters. The third kappa shape index (κ3) is 4.41. The van der Waals surface area contributed by atoms with Crippen LogP contribution in [0.3, 0.4) is 0 Å². The number of nitrogens with zero attached hydrogens (tertiary/aromatic N) is 3. The number of carbonyl (C=O) groups excluding carboxylic acids is 1. The summed E-state index contributed by atoms with van der Waals surface area (Å²) in [6.07, 6.45) is 1.58. The fourth-order valence-corrected chi connectivity index (χ4v) is 3.45. The van der Waals surface area contributed by atoms with E-state index in [2.05, 4.69) is 22.8 Å². The van der Waals surface area contributed by atoms with E-state index in [1.165, 1.54) is 5.69 Å². The minimum atomic E-state index is -0.449. The molecule has 1 aromatic heterocycles. The van der Waals surface area contributed by atoms with Gasteiger partial charge < -0.3 is 9.64 Å². The minimum Gasteiger partial charge on any atom is -0.481 e. The van der Waals surface area contributed by atoms with E-state index in [1.54, 1.807) is 0 Å². The van der Waals surface area contributed by atoms with Gasteiger partial charge in [-0.2, -0.15) is 5.10 Å². The molecule has 5 heteroatoms. The molecule has 1 aliphatic heterocycles. The number of piperidine rings is 1. The molecule has 1 amide bonds. The third-order valence-corrected chi connectivity index (χ3v) is 4.86. The smallest absolute Gasteiger partial charge is 0.263 e. The molecular formula is C20H27N3O2. The first-order valence-corrected chi connectivity index (χ1v) is 9.04. The highest BCUT2D eigenvalue weighted by Crippen LogP contribution is 2.21. The molecule has 0 bridgehead atoms. The van der Waals surface area contributed by atoms with Gasteiger partial charge in [-0.3, -0.25) is 9.48 Å². The number of amides is 1. The number of carbonyl (C=O) groups is 1. The van der Waals surface area contributed by atoms with Crippen LogP contribution in [0.15, 0.2) is 36.4 Å². The van der Waals surface area contributed by atoms with Crippen LogP contribution >= 0.6 is 0 Å². The molecule has 25 heavy (non-hydrogen) atoms. The zero-order chi connectivity index (χ0) is 17.8. The fraction of sp³-hybridized carbons (Fsp3) is 0.500. The number of rotatable bonds is 5. The molecule has 0 spiro atoms.